The number of morpholine rings is 1. The Labute approximate surface area is 160 Å². The van der Waals surface area contributed by atoms with E-state index in [1.807, 2.05) is 24.8 Å². The van der Waals surface area contributed by atoms with Gasteiger partial charge in [-0.25, -0.2) is 4.79 Å². The van der Waals surface area contributed by atoms with Crippen LogP contribution in [0.15, 0.2) is 6.07 Å². The van der Waals surface area contributed by atoms with Crippen LogP contribution in [0.25, 0.3) is 0 Å². The van der Waals surface area contributed by atoms with Gasteiger partial charge in [-0.3, -0.25) is 4.79 Å². The van der Waals surface area contributed by atoms with E-state index in [2.05, 4.69) is 6.92 Å². The molecule has 1 fully saturated rings. The van der Waals surface area contributed by atoms with Crippen LogP contribution in [0.2, 0.25) is 0 Å². The molecule has 0 aromatic heterocycles. The Morgan fingerprint density at radius 2 is 2.00 bits per heavy atom. The highest BCUT2D eigenvalue weighted by Crippen LogP contribution is 2.38. The monoisotopic (exact) mass is 375 g/mol. The van der Waals surface area contributed by atoms with Crippen molar-refractivity contribution in [3.8, 4) is 5.75 Å². The van der Waals surface area contributed by atoms with Gasteiger partial charge in [0, 0.05) is 19.0 Å². The third-order valence-electron chi connectivity index (χ3n) is 6.01. The van der Waals surface area contributed by atoms with Crippen LogP contribution in [0.5, 0.6) is 5.75 Å². The summed E-state index contributed by atoms with van der Waals surface area (Å²) in [5, 5.41) is 8.90. The maximum absolute atomic E-state index is 12.9. The normalized spacial score (nSPS) is 20.7. The van der Waals surface area contributed by atoms with E-state index in [4.69, 9.17) is 14.6 Å². The number of rotatable bonds is 5. The number of aryl methyl sites for hydroxylation is 1. The van der Waals surface area contributed by atoms with Gasteiger partial charge >= 0.3 is 5.97 Å². The van der Waals surface area contributed by atoms with E-state index in [1.165, 1.54) is 11.1 Å². The summed E-state index contributed by atoms with van der Waals surface area (Å²) in [5.41, 5.74) is 4.71. The van der Waals surface area contributed by atoms with E-state index in [1.54, 1.807) is 0 Å². The number of amides is 1. The maximum Gasteiger partial charge on any atom is 0.341 e. The Kier molecular flexibility index (Phi) is 6.05. The van der Waals surface area contributed by atoms with Gasteiger partial charge in [-0.05, 0) is 67.3 Å². The van der Waals surface area contributed by atoms with E-state index in [0.717, 1.165) is 30.4 Å². The van der Waals surface area contributed by atoms with Crippen LogP contribution < -0.4 is 4.74 Å². The number of hydrogen-bond donors (Lipinski definition) is 1. The second kappa shape index (κ2) is 8.30. The first-order chi connectivity index (χ1) is 12.9. The van der Waals surface area contributed by atoms with Crippen LogP contribution in [0, 0.1) is 25.7 Å². The molecule has 1 aliphatic heterocycles. The van der Waals surface area contributed by atoms with Gasteiger partial charge < -0.3 is 19.5 Å². The minimum absolute atomic E-state index is 0.0282. The number of carbonyl (C=O) groups is 2. The number of hydrogen-bond acceptors (Lipinski definition) is 4. The van der Waals surface area contributed by atoms with E-state index in [-0.39, 0.29) is 18.4 Å². The molecule has 0 spiro atoms. The fourth-order valence-corrected chi connectivity index (χ4v) is 4.31. The highest BCUT2D eigenvalue weighted by Gasteiger charge is 2.33. The third-order valence-corrected chi connectivity index (χ3v) is 6.01. The molecule has 1 aliphatic carbocycles. The molecule has 0 saturated carbocycles. The van der Waals surface area contributed by atoms with Gasteiger partial charge in [0.1, 0.15) is 5.75 Å². The van der Waals surface area contributed by atoms with Crippen LogP contribution in [0.4, 0.5) is 0 Å². The smallest absolute Gasteiger partial charge is 0.341 e. The van der Waals surface area contributed by atoms with E-state index in [0.29, 0.717) is 38.0 Å². The lowest BCUT2D eigenvalue weighted by Crippen LogP contribution is -2.45. The molecule has 1 heterocycles. The van der Waals surface area contributed by atoms with Crippen molar-refractivity contribution in [2.24, 2.45) is 11.8 Å². The summed E-state index contributed by atoms with van der Waals surface area (Å²) in [7, 11) is 0. The lowest BCUT2D eigenvalue weighted by molar-refractivity contribution is -0.141. The zero-order valence-electron chi connectivity index (χ0n) is 16.4. The van der Waals surface area contributed by atoms with Gasteiger partial charge in [-0.2, -0.15) is 0 Å². The molecule has 27 heavy (non-hydrogen) atoms. The Hall–Kier alpha value is -2.08. The Morgan fingerprint density at radius 3 is 2.67 bits per heavy atom. The molecular weight excluding hydrogens is 346 g/mol. The van der Waals surface area contributed by atoms with Crippen LogP contribution in [-0.4, -0.2) is 54.8 Å². The van der Waals surface area contributed by atoms with Gasteiger partial charge in [-0.1, -0.05) is 6.92 Å². The quantitative estimate of drug-likeness (QED) is 0.855. The first kappa shape index (κ1) is 19.7. The van der Waals surface area contributed by atoms with Gasteiger partial charge in [0.15, 0.2) is 6.61 Å². The largest absolute Gasteiger partial charge is 0.482 e. The molecule has 1 aromatic rings. The lowest BCUT2D eigenvalue weighted by atomic mass is 9.74. The third kappa shape index (κ3) is 4.26. The summed E-state index contributed by atoms with van der Waals surface area (Å²) < 4.78 is 10.8. The summed E-state index contributed by atoms with van der Waals surface area (Å²) in [4.78, 5) is 25.7. The molecule has 0 radical (unpaired) electrons. The molecule has 1 aromatic carbocycles. The predicted octanol–water partition coefficient (Wildman–Crippen LogP) is 2.37. The Bertz CT molecular complexity index is 724. The van der Waals surface area contributed by atoms with Gasteiger partial charge in [0.25, 0.3) is 0 Å². The summed E-state index contributed by atoms with van der Waals surface area (Å²) in [6, 6.07) is 1.94. The first-order valence-electron chi connectivity index (χ1n) is 9.71. The number of nitrogens with zero attached hydrogens (tertiary/aromatic N) is 1. The zero-order valence-corrected chi connectivity index (χ0v) is 16.4. The minimum atomic E-state index is -0.979. The summed E-state index contributed by atoms with van der Waals surface area (Å²) in [6.07, 6.45) is 2.79. The van der Waals surface area contributed by atoms with Gasteiger partial charge in [0.2, 0.25) is 5.91 Å². The van der Waals surface area contributed by atoms with Crippen molar-refractivity contribution in [1.82, 2.24) is 4.90 Å². The molecule has 0 bridgehead atoms. The van der Waals surface area contributed by atoms with Crippen molar-refractivity contribution in [1.29, 1.82) is 0 Å². The molecular formula is C21H29NO5. The lowest BCUT2D eigenvalue weighted by Gasteiger charge is -2.35. The molecule has 1 amide bonds. The minimum Gasteiger partial charge on any atom is -0.482 e. The van der Waals surface area contributed by atoms with Crippen LogP contribution in [0.1, 0.15) is 35.6 Å². The first-order valence-corrected chi connectivity index (χ1v) is 9.71. The van der Waals surface area contributed by atoms with Crippen molar-refractivity contribution in [2.45, 2.75) is 40.0 Å². The van der Waals surface area contributed by atoms with Crippen LogP contribution >= 0.6 is 0 Å². The Balaban J connectivity index is 1.77. The number of fused-ring (bicyclic) bond motifs is 1. The van der Waals surface area contributed by atoms with Crippen molar-refractivity contribution in [3.63, 3.8) is 0 Å². The number of aliphatic carboxylic acids is 1. The number of ether oxygens (including phenoxy) is 2. The second-order valence-corrected chi connectivity index (χ2v) is 7.69. The predicted molar refractivity (Wildman–Crippen MR) is 101 cm³/mol. The SMILES string of the molecule is Cc1cc(OCC(=O)O)c(C)c2c1CCC(C(C)C(=O)N1CCOCC1)C2. The van der Waals surface area contributed by atoms with Crippen molar-refractivity contribution in [3.05, 3.63) is 28.3 Å². The van der Waals surface area contributed by atoms with Crippen molar-refractivity contribution in [2.75, 3.05) is 32.9 Å². The molecule has 2 unspecified atom stereocenters. The maximum atomic E-state index is 12.9. The number of carboxylic acids is 1. The van der Waals surface area contributed by atoms with Crippen molar-refractivity contribution >= 4 is 11.9 Å². The van der Waals surface area contributed by atoms with Crippen molar-refractivity contribution < 1.29 is 24.2 Å². The van der Waals surface area contributed by atoms with Gasteiger partial charge in [-0.15, -0.1) is 0 Å². The van der Waals surface area contributed by atoms with Crippen LogP contribution in [-0.2, 0) is 27.2 Å². The fraction of sp³-hybridized carbons (Fsp3) is 0.619. The highest BCUT2D eigenvalue weighted by molar-refractivity contribution is 5.79. The topological polar surface area (TPSA) is 76.1 Å². The average Bonchev–Trinajstić information content (AvgIpc) is 2.68. The standard InChI is InChI=1S/C21H29NO5/c1-13-10-19(27-12-20(23)24)15(3)18-11-16(4-5-17(13)18)14(2)21(25)22-6-8-26-9-7-22/h10,14,16H,4-9,11-12H2,1-3H3,(H,23,24). The molecule has 1 N–H and O–H groups in total. The number of carbonyl (C=O) groups excluding carboxylic acids is 1. The molecule has 2 aliphatic rings. The molecule has 2 atom stereocenters. The summed E-state index contributed by atoms with van der Waals surface area (Å²) >= 11 is 0. The van der Waals surface area contributed by atoms with E-state index in [9.17, 15) is 9.59 Å². The molecule has 1 saturated heterocycles. The molecule has 3 rings (SSSR count). The zero-order chi connectivity index (χ0) is 19.6. The molecule has 148 valence electrons. The highest BCUT2D eigenvalue weighted by atomic mass is 16.5. The summed E-state index contributed by atoms with van der Waals surface area (Å²) in [6.45, 7) is 8.34. The molecule has 6 heteroatoms. The number of carboxylic acid groups (broad SMARTS) is 1. The Morgan fingerprint density at radius 1 is 1.30 bits per heavy atom. The van der Waals surface area contributed by atoms with E-state index >= 15 is 0 Å². The number of benzene rings is 1. The fourth-order valence-electron chi connectivity index (χ4n) is 4.31. The molecule has 6 nitrogen and oxygen atoms in total. The van der Waals surface area contributed by atoms with Crippen LogP contribution in [0.3, 0.4) is 0 Å². The summed E-state index contributed by atoms with van der Waals surface area (Å²) in [5.74, 6) is 0.147. The average molecular weight is 375 g/mol. The second-order valence-electron chi connectivity index (χ2n) is 7.69. The van der Waals surface area contributed by atoms with Gasteiger partial charge in [0.05, 0.1) is 13.2 Å². The van der Waals surface area contributed by atoms with E-state index < -0.39 is 5.97 Å².